The number of ether oxygens (including phenoxy) is 1. The molecule has 2 aromatic rings. The fourth-order valence-corrected chi connectivity index (χ4v) is 2.37. The Morgan fingerprint density at radius 1 is 1.40 bits per heavy atom. The second kappa shape index (κ2) is 5.87. The van der Waals surface area contributed by atoms with Crippen LogP contribution in [0.1, 0.15) is 22.9 Å². The number of nitrogens with one attached hydrogen (secondary N) is 1. The first-order valence-corrected chi connectivity index (χ1v) is 6.68. The minimum Gasteiger partial charge on any atom is -0.369 e. The number of nitriles is 1. The molecule has 1 N–H and O–H groups in total. The van der Waals surface area contributed by atoms with E-state index in [9.17, 15) is 0 Å². The van der Waals surface area contributed by atoms with Crippen molar-refractivity contribution in [1.82, 2.24) is 14.9 Å². The average Bonchev–Trinajstić information content (AvgIpc) is 2.97. The molecule has 1 atom stereocenters. The van der Waals surface area contributed by atoms with Crippen molar-refractivity contribution < 1.29 is 4.74 Å². The third kappa shape index (κ3) is 2.72. The maximum absolute atomic E-state index is 8.81. The van der Waals surface area contributed by atoms with Crippen molar-refractivity contribution in [3.63, 3.8) is 0 Å². The van der Waals surface area contributed by atoms with Gasteiger partial charge in [0.1, 0.15) is 6.10 Å². The van der Waals surface area contributed by atoms with Gasteiger partial charge in [0, 0.05) is 19.6 Å². The summed E-state index contributed by atoms with van der Waals surface area (Å²) in [4.78, 5) is 4.23. The molecule has 5 heteroatoms. The molecule has 2 heterocycles. The Balaban J connectivity index is 1.77. The maximum Gasteiger partial charge on any atom is 0.111 e. The highest BCUT2D eigenvalue weighted by atomic mass is 16.5. The van der Waals surface area contributed by atoms with E-state index in [1.807, 2.05) is 36.8 Å². The number of imidazole rings is 1. The predicted octanol–water partition coefficient (Wildman–Crippen LogP) is 1.46. The summed E-state index contributed by atoms with van der Waals surface area (Å²) < 4.78 is 7.87. The third-order valence-corrected chi connectivity index (χ3v) is 3.44. The molecule has 0 saturated carbocycles. The van der Waals surface area contributed by atoms with Crippen LogP contribution >= 0.6 is 0 Å². The molecule has 1 aromatic carbocycles. The van der Waals surface area contributed by atoms with Gasteiger partial charge < -0.3 is 14.6 Å². The summed E-state index contributed by atoms with van der Waals surface area (Å²) in [5.74, 6) is 0. The van der Waals surface area contributed by atoms with E-state index < -0.39 is 0 Å². The van der Waals surface area contributed by atoms with Crippen molar-refractivity contribution in [2.45, 2.75) is 12.6 Å². The molecule has 5 nitrogen and oxygen atoms in total. The van der Waals surface area contributed by atoms with Crippen molar-refractivity contribution in [3.05, 3.63) is 53.6 Å². The molecule has 0 radical (unpaired) electrons. The fraction of sp³-hybridized carbons (Fsp3) is 0.333. The number of nitrogens with zero attached hydrogens (tertiary/aromatic N) is 3. The van der Waals surface area contributed by atoms with E-state index >= 15 is 0 Å². The van der Waals surface area contributed by atoms with E-state index in [-0.39, 0.29) is 6.10 Å². The van der Waals surface area contributed by atoms with Crippen LogP contribution in [0, 0.1) is 11.3 Å². The lowest BCUT2D eigenvalue weighted by Gasteiger charge is -2.24. The van der Waals surface area contributed by atoms with Gasteiger partial charge in [0.2, 0.25) is 0 Å². The minimum atomic E-state index is 0.0598. The number of hydrogen-bond acceptors (Lipinski definition) is 4. The van der Waals surface area contributed by atoms with Crippen molar-refractivity contribution >= 4 is 0 Å². The van der Waals surface area contributed by atoms with Crippen LogP contribution in [0.4, 0.5) is 0 Å². The summed E-state index contributed by atoms with van der Waals surface area (Å²) in [6.45, 7) is 3.19. The van der Waals surface area contributed by atoms with Crippen LogP contribution in [-0.4, -0.2) is 29.2 Å². The zero-order valence-electron chi connectivity index (χ0n) is 11.1. The number of aromatic nitrogens is 2. The minimum absolute atomic E-state index is 0.0598. The summed E-state index contributed by atoms with van der Waals surface area (Å²) >= 11 is 0. The highest BCUT2D eigenvalue weighted by molar-refractivity contribution is 5.31. The molecular weight excluding hydrogens is 252 g/mol. The van der Waals surface area contributed by atoms with Crippen molar-refractivity contribution in [3.8, 4) is 6.07 Å². The Hall–Kier alpha value is -2.16. The van der Waals surface area contributed by atoms with Crippen molar-refractivity contribution in [2.24, 2.45) is 0 Å². The zero-order chi connectivity index (χ0) is 13.8. The average molecular weight is 268 g/mol. The van der Waals surface area contributed by atoms with Crippen LogP contribution in [0.2, 0.25) is 0 Å². The first kappa shape index (κ1) is 12.9. The summed E-state index contributed by atoms with van der Waals surface area (Å²) in [5.41, 5.74) is 2.91. The number of benzene rings is 1. The SMILES string of the molecule is N#Cc1ccc(Cn2cncc2C2CNCCO2)cc1. The van der Waals surface area contributed by atoms with Gasteiger partial charge in [0.25, 0.3) is 0 Å². The van der Waals surface area contributed by atoms with Gasteiger partial charge in [-0.3, -0.25) is 0 Å². The number of morpholine rings is 1. The second-order valence-corrected chi connectivity index (χ2v) is 4.82. The zero-order valence-corrected chi connectivity index (χ0v) is 11.1. The molecule has 0 aliphatic carbocycles. The van der Waals surface area contributed by atoms with E-state index in [0.717, 1.165) is 37.5 Å². The molecule has 20 heavy (non-hydrogen) atoms. The molecule has 0 spiro atoms. The van der Waals surface area contributed by atoms with Gasteiger partial charge in [-0.2, -0.15) is 5.26 Å². The molecule has 0 bridgehead atoms. The molecule has 102 valence electrons. The quantitative estimate of drug-likeness (QED) is 0.915. The van der Waals surface area contributed by atoms with E-state index in [2.05, 4.69) is 20.9 Å². The molecule has 1 unspecified atom stereocenters. The topological polar surface area (TPSA) is 62.9 Å². The molecule has 0 amide bonds. The Labute approximate surface area is 117 Å². The summed E-state index contributed by atoms with van der Waals surface area (Å²) in [6, 6.07) is 9.75. The molecule has 1 saturated heterocycles. The molecular formula is C15H16N4O. The van der Waals surface area contributed by atoms with Gasteiger partial charge in [-0.25, -0.2) is 4.98 Å². The summed E-state index contributed by atoms with van der Waals surface area (Å²) in [7, 11) is 0. The molecule has 1 aliphatic heterocycles. The van der Waals surface area contributed by atoms with Crippen LogP contribution in [0.15, 0.2) is 36.8 Å². The Morgan fingerprint density at radius 2 is 2.25 bits per heavy atom. The summed E-state index contributed by atoms with van der Waals surface area (Å²) in [6.07, 6.45) is 3.75. The second-order valence-electron chi connectivity index (χ2n) is 4.82. The highest BCUT2D eigenvalue weighted by Crippen LogP contribution is 2.19. The van der Waals surface area contributed by atoms with Gasteiger partial charge >= 0.3 is 0 Å². The first-order chi connectivity index (χ1) is 9.86. The van der Waals surface area contributed by atoms with Gasteiger partial charge in [-0.1, -0.05) is 12.1 Å². The first-order valence-electron chi connectivity index (χ1n) is 6.68. The number of hydrogen-bond donors (Lipinski definition) is 1. The van der Waals surface area contributed by atoms with Gasteiger partial charge in [0.05, 0.1) is 36.5 Å². The van der Waals surface area contributed by atoms with Gasteiger partial charge in [0.15, 0.2) is 0 Å². The Bertz CT molecular complexity index is 606. The van der Waals surface area contributed by atoms with Crippen LogP contribution in [0.3, 0.4) is 0 Å². The lowest BCUT2D eigenvalue weighted by Crippen LogP contribution is -2.34. The van der Waals surface area contributed by atoms with E-state index in [4.69, 9.17) is 10.00 Å². The smallest absolute Gasteiger partial charge is 0.111 e. The van der Waals surface area contributed by atoms with Crippen LogP contribution in [0.25, 0.3) is 0 Å². The largest absolute Gasteiger partial charge is 0.369 e. The Morgan fingerprint density at radius 3 is 2.95 bits per heavy atom. The fourth-order valence-electron chi connectivity index (χ4n) is 2.37. The third-order valence-electron chi connectivity index (χ3n) is 3.44. The van der Waals surface area contributed by atoms with Crippen LogP contribution in [-0.2, 0) is 11.3 Å². The van der Waals surface area contributed by atoms with Crippen molar-refractivity contribution in [1.29, 1.82) is 5.26 Å². The van der Waals surface area contributed by atoms with Crippen molar-refractivity contribution in [2.75, 3.05) is 19.7 Å². The van der Waals surface area contributed by atoms with Crippen LogP contribution < -0.4 is 5.32 Å². The monoisotopic (exact) mass is 268 g/mol. The predicted molar refractivity (Wildman–Crippen MR) is 74.0 cm³/mol. The van der Waals surface area contributed by atoms with E-state index in [0.29, 0.717) is 5.56 Å². The normalized spacial score (nSPS) is 18.6. The van der Waals surface area contributed by atoms with E-state index in [1.165, 1.54) is 0 Å². The molecule has 3 rings (SSSR count). The molecule has 1 aromatic heterocycles. The lowest BCUT2D eigenvalue weighted by atomic mass is 10.1. The van der Waals surface area contributed by atoms with Gasteiger partial charge in [-0.15, -0.1) is 0 Å². The molecule has 1 aliphatic rings. The standard InChI is InChI=1S/C15H16N4O/c16-7-12-1-3-13(4-2-12)10-19-11-18-8-14(19)15-9-17-5-6-20-15/h1-4,8,11,15,17H,5-6,9-10H2. The Kier molecular flexibility index (Phi) is 3.77. The lowest BCUT2D eigenvalue weighted by molar-refractivity contribution is 0.0230. The highest BCUT2D eigenvalue weighted by Gasteiger charge is 2.19. The molecule has 1 fully saturated rings. The van der Waals surface area contributed by atoms with Crippen LogP contribution in [0.5, 0.6) is 0 Å². The number of rotatable bonds is 3. The van der Waals surface area contributed by atoms with E-state index in [1.54, 1.807) is 0 Å². The maximum atomic E-state index is 8.81. The van der Waals surface area contributed by atoms with Gasteiger partial charge in [-0.05, 0) is 17.7 Å². The summed E-state index contributed by atoms with van der Waals surface area (Å²) in [5, 5.41) is 12.1.